The first-order valence-corrected chi connectivity index (χ1v) is 11.2. The highest BCUT2D eigenvalue weighted by atomic mass is 32.2. The molecule has 2 heterocycles. The fraction of sp³-hybridized carbons (Fsp3) is 0.474. The van der Waals surface area contributed by atoms with Gasteiger partial charge in [-0.3, -0.25) is 9.88 Å². The summed E-state index contributed by atoms with van der Waals surface area (Å²) in [5.41, 5.74) is 1.88. The Morgan fingerprint density at radius 2 is 1.97 bits per heavy atom. The number of rotatable bonds is 7. The highest BCUT2D eigenvalue weighted by Gasteiger charge is 2.25. The average molecular weight is 454 g/mol. The highest BCUT2D eigenvalue weighted by Crippen LogP contribution is 2.36. The van der Waals surface area contributed by atoms with Crippen LogP contribution >= 0.6 is 0 Å². The van der Waals surface area contributed by atoms with Gasteiger partial charge >= 0.3 is 16.4 Å². The Balaban J connectivity index is 1.65. The highest BCUT2D eigenvalue weighted by molar-refractivity contribution is 7.84. The topological polar surface area (TPSA) is 136 Å². The van der Waals surface area contributed by atoms with E-state index in [0.717, 1.165) is 36.2 Å². The first kappa shape index (κ1) is 22.8. The molecule has 0 saturated carbocycles. The number of carbonyl (C=O) groups excluding carboxylic acids is 1. The summed E-state index contributed by atoms with van der Waals surface area (Å²) in [6.45, 7) is 5.21. The van der Waals surface area contributed by atoms with E-state index in [-0.39, 0.29) is 12.6 Å². The van der Waals surface area contributed by atoms with Crippen LogP contribution in [-0.4, -0.2) is 77.4 Å². The molecule has 0 aliphatic carbocycles. The molecule has 0 spiro atoms. The van der Waals surface area contributed by atoms with Crippen molar-refractivity contribution in [2.24, 2.45) is 5.14 Å². The van der Waals surface area contributed by atoms with Crippen molar-refractivity contribution in [2.45, 2.75) is 13.0 Å². The molecule has 12 heteroatoms. The zero-order valence-corrected chi connectivity index (χ0v) is 18.5. The molecule has 0 bridgehead atoms. The monoisotopic (exact) mass is 453 g/mol. The number of amides is 1. The summed E-state index contributed by atoms with van der Waals surface area (Å²) < 4.78 is 36.4. The standard InChI is InChI=1S/C19H27N5O6S/c1-13-12-24(9-8-23(13)7-6-22-19(25)30-31(20,26)27)16-4-5-21-15-11-18(29-3)17(28-2)10-14(15)16/h4-5,10-11,13H,6-9,12H2,1-3H3,(H,22,25)(H2,20,26,27)/t13-/m1/s1. The molecule has 1 amide bonds. The number of hydrogen-bond acceptors (Lipinski definition) is 9. The predicted octanol–water partition coefficient (Wildman–Crippen LogP) is 0.692. The van der Waals surface area contributed by atoms with Crippen LogP contribution in [-0.2, 0) is 14.5 Å². The molecule has 1 atom stereocenters. The second kappa shape index (κ2) is 9.54. The van der Waals surface area contributed by atoms with Gasteiger partial charge < -0.3 is 23.9 Å². The minimum atomic E-state index is -4.31. The maximum Gasteiger partial charge on any atom is 0.423 e. The van der Waals surface area contributed by atoms with E-state index in [0.29, 0.717) is 18.0 Å². The van der Waals surface area contributed by atoms with E-state index in [2.05, 4.69) is 36.3 Å². The largest absolute Gasteiger partial charge is 0.493 e. The van der Waals surface area contributed by atoms with Crippen LogP contribution < -0.4 is 24.8 Å². The molecule has 1 fully saturated rings. The summed E-state index contributed by atoms with van der Waals surface area (Å²) in [6, 6.07) is 5.99. The SMILES string of the molecule is COc1cc2nccc(N3CCN(CCNC(=O)OS(N)(=O)=O)[C@H](C)C3)c2cc1OC. The van der Waals surface area contributed by atoms with Crippen molar-refractivity contribution < 1.29 is 26.9 Å². The Hall–Kier alpha value is -2.83. The summed E-state index contributed by atoms with van der Waals surface area (Å²) in [5, 5.41) is 8.04. The number of ether oxygens (including phenoxy) is 2. The molecular weight excluding hydrogens is 426 g/mol. The van der Waals surface area contributed by atoms with E-state index in [4.69, 9.17) is 9.47 Å². The zero-order chi connectivity index (χ0) is 22.6. The molecule has 1 aliphatic rings. The molecule has 11 nitrogen and oxygen atoms in total. The van der Waals surface area contributed by atoms with Gasteiger partial charge in [-0.05, 0) is 19.1 Å². The first-order chi connectivity index (χ1) is 14.7. The van der Waals surface area contributed by atoms with Gasteiger partial charge in [-0.15, -0.1) is 0 Å². The Bertz CT molecular complexity index is 1050. The van der Waals surface area contributed by atoms with Gasteiger partial charge in [0, 0.05) is 62.1 Å². The number of nitrogens with zero attached hydrogens (tertiary/aromatic N) is 3. The molecule has 3 N–H and O–H groups in total. The lowest BCUT2D eigenvalue weighted by Gasteiger charge is -2.41. The molecule has 1 saturated heterocycles. The second-order valence-electron chi connectivity index (χ2n) is 7.18. The third kappa shape index (κ3) is 5.66. The number of pyridine rings is 1. The number of nitrogens with two attached hydrogens (primary N) is 1. The fourth-order valence-corrected chi connectivity index (χ4v) is 3.99. The molecule has 1 aromatic carbocycles. The Kier molecular flexibility index (Phi) is 7.03. The van der Waals surface area contributed by atoms with Crippen molar-refractivity contribution in [3.63, 3.8) is 0 Å². The molecule has 0 unspecified atom stereocenters. The van der Waals surface area contributed by atoms with Crippen molar-refractivity contribution in [3.05, 3.63) is 24.4 Å². The zero-order valence-electron chi connectivity index (χ0n) is 17.7. The van der Waals surface area contributed by atoms with Crippen molar-refractivity contribution in [1.29, 1.82) is 0 Å². The first-order valence-electron chi connectivity index (χ1n) is 9.71. The van der Waals surface area contributed by atoms with Crippen LogP contribution in [0.15, 0.2) is 24.4 Å². The summed E-state index contributed by atoms with van der Waals surface area (Å²) in [4.78, 5) is 20.4. The molecule has 2 aromatic rings. The van der Waals surface area contributed by atoms with Crippen LogP contribution in [0.2, 0.25) is 0 Å². The summed E-state index contributed by atoms with van der Waals surface area (Å²) in [7, 11) is -1.11. The Morgan fingerprint density at radius 1 is 1.26 bits per heavy atom. The quantitative estimate of drug-likeness (QED) is 0.620. The Labute approximate surface area is 181 Å². The number of piperazine rings is 1. The molecule has 1 aliphatic heterocycles. The molecule has 170 valence electrons. The average Bonchev–Trinajstić information content (AvgIpc) is 2.72. The number of benzene rings is 1. The van der Waals surface area contributed by atoms with Crippen LogP contribution in [0.25, 0.3) is 10.9 Å². The number of fused-ring (bicyclic) bond motifs is 1. The lowest BCUT2D eigenvalue weighted by atomic mass is 10.1. The third-order valence-corrected chi connectivity index (χ3v) is 5.57. The van der Waals surface area contributed by atoms with E-state index < -0.39 is 16.4 Å². The molecular formula is C19H27N5O6S. The van der Waals surface area contributed by atoms with E-state index >= 15 is 0 Å². The maximum absolute atomic E-state index is 11.4. The van der Waals surface area contributed by atoms with E-state index in [9.17, 15) is 13.2 Å². The third-order valence-electron chi connectivity index (χ3n) is 5.19. The minimum absolute atomic E-state index is 0.202. The van der Waals surface area contributed by atoms with E-state index in [1.165, 1.54) is 0 Å². The second-order valence-corrected chi connectivity index (χ2v) is 8.33. The van der Waals surface area contributed by atoms with Crippen molar-refractivity contribution in [1.82, 2.24) is 15.2 Å². The number of carbonyl (C=O) groups is 1. The van der Waals surface area contributed by atoms with Gasteiger partial charge in [0.25, 0.3) is 0 Å². The number of nitrogens with one attached hydrogen (secondary N) is 1. The Morgan fingerprint density at radius 3 is 2.61 bits per heavy atom. The summed E-state index contributed by atoms with van der Waals surface area (Å²) in [6.07, 6.45) is 0.697. The normalized spacial score (nSPS) is 17.4. The number of methoxy groups -OCH3 is 2. The lowest BCUT2D eigenvalue weighted by molar-refractivity contribution is 0.180. The summed E-state index contributed by atoms with van der Waals surface area (Å²) >= 11 is 0. The van der Waals surface area contributed by atoms with Crippen LogP contribution in [0.5, 0.6) is 11.5 Å². The van der Waals surface area contributed by atoms with Crippen molar-refractivity contribution in [2.75, 3.05) is 51.8 Å². The van der Waals surface area contributed by atoms with Crippen LogP contribution in [0.1, 0.15) is 6.92 Å². The fourth-order valence-electron chi connectivity index (χ4n) is 3.72. The van der Waals surface area contributed by atoms with Gasteiger partial charge in [0.05, 0.1) is 19.7 Å². The van der Waals surface area contributed by atoms with E-state index in [1.807, 2.05) is 18.2 Å². The van der Waals surface area contributed by atoms with Gasteiger partial charge in [0.15, 0.2) is 11.5 Å². The van der Waals surface area contributed by atoms with Gasteiger partial charge in [-0.1, -0.05) is 0 Å². The molecule has 1 aromatic heterocycles. The molecule has 3 rings (SSSR count). The van der Waals surface area contributed by atoms with Gasteiger partial charge in [-0.2, -0.15) is 13.6 Å². The van der Waals surface area contributed by atoms with Crippen molar-refractivity contribution >= 4 is 33.0 Å². The lowest BCUT2D eigenvalue weighted by Crippen LogP contribution is -2.53. The van der Waals surface area contributed by atoms with Gasteiger partial charge in [-0.25, -0.2) is 4.79 Å². The number of anilines is 1. The van der Waals surface area contributed by atoms with Gasteiger partial charge in [0.2, 0.25) is 0 Å². The maximum atomic E-state index is 11.4. The van der Waals surface area contributed by atoms with Crippen LogP contribution in [0, 0.1) is 0 Å². The van der Waals surface area contributed by atoms with Crippen LogP contribution in [0.3, 0.4) is 0 Å². The van der Waals surface area contributed by atoms with Gasteiger partial charge in [0.1, 0.15) is 0 Å². The van der Waals surface area contributed by atoms with Crippen molar-refractivity contribution in [3.8, 4) is 11.5 Å². The van der Waals surface area contributed by atoms with Crippen LogP contribution in [0.4, 0.5) is 10.5 Å². The van der Waals surface area contributed by atoms with E-state index in [1.54, 1.807) is 20.4 Å². The predicted molar refractivity (Wildman–Crippen MR) is 116 cm³/mol. The molecule has 0 radical (unpaired) electrons. The molecule has 31 heavy (non-hydrogen) atoms. The smallest absolute Gasteiger partial charge is 0.423 e. The minimum Gasteiger partial charge on any atom is -0.493 e. The number of hydrogen-bond donors (Lipinski definition) is 2. The number of aromatic nitrogens is 1. The summed E-state index contributed by atoms with van der Waals surface area (Å²) in [5.74, 6) is 1.28.